The van der Waals surface area contributed by atoms with Gasteiger partial charge in [-0.2, -0.15) is 10.4 Å². The summed E-state index contributed by atoms with van der Waals surface area (Å²) in [6, 6.07) is 2.37. The number of nitrogens with zero attached hydrogens (tertiary/aromatic N) is 5. The van der Waals surface area contributed by atoms with E-state index in [1.807, 2.05) is 31.8 Å². The summed E-state index contributed by atoms with van der Waals surface area (Å²) in [5.41, 5.74) is 0.908. The maximum absolute atomic E-state index is 9.13. The van der Waals surface area contributed by atoms with Crippen molar-refractivity contribution in [2.75, 3.05) is 26.2 Å². The Kier molecular flexibility index (Phi) is 3.69. The number of rotatable bonds is 3. The first kappa shape index (κ1) is 13.1. The molecule has 1 aliphatic heterocycles. The molecule has 1 saturated heterocycles. The summed E-state index contributed by atoms with van der Waals surface area (Å²) in [5, 5.41) is 13.3. The van der Waals surface area contributed by atoms with Gasteiger partial charge in [0.15, 0.2) is 0 Å². The second kappa shape index (κ2) is 5.09. The second-order valence-corrected chi connectivity index (χ2v) is 5.46. The lowest BCUT2D eigenvalue weighted by atomic mass is 10.0. The van der Waals surface area contributed by atoms with Crippen molar-refractivity contribution in [2.45, 2.75) is 25.9 Å². The molecule has 0 unspecified atom stereocenters. The summed E-state index contributed by atoms with van der Waals surface area (Å²) in [6.07, 6.45) is 3.98. The van der Waals surface area contributed by atoms with E-state index in [0.717, 1.165) is 32.7 Å². The third kappa shape index (κ3) is 2.89. The first-order valence-corrected chi connectivity index (χ1v) is 6.37. The van der Waals surface area contributed by atoms with E-state index < -0.39 is 0 Å². The molecule has 0 bridgehead atoms. The van der Waals surface area contributed by atoms with Crippen LogP contribution in [0.15, 0.2) is 12.4 Å². The highest BCUT2D eigenvalue weighted by Gasteiger charge is 2.29. The molecule has 0 amide bonds. The minimum atomic E-state index is -0.347. The van der Waals surface area contributed by atoms with Gasteiger partial charge in [-0.1, -0.05) is 0 Å². The van der Waals surface area contributed by atoms with E-state index in [-0.39, 0.29) is 5.54 Å². The van der Waals surface area contributed by atoms with Gasteiger partial charge in [0.1, 0.15) is 5.54 Å². The fourth-order valence-corrected chi connectivity index (χ4v) is 2.35. The van der Waals surface area contributed by atoms with Crippen LogP contribution in [0.5, 0.6) is 0 Å². The monoisotopic (exact) mass is 247 g/mol. The second-order valence-electron chi connectivity index (χ2n) is 5.46. The molecular weight excluding hydrogens is 226 g/mol. The predicted molar refractivity (Wildman–Crippen MR) is 69.8 cm³/mol. The van der Waals surface area contributed by atoms with Crippen molar-refractivity contribution < 1.29 is 0 Å². The van der Waals surface area contributed by atoms with Gasteiger partial charge in [-0.15, -0.1) is 0 Å². The Labute approximate surface area is 109 Å². The average molecular weight is 247 g/mol. The van der Waals surface area contributed by atoms with Crippen LogP contribution < -0.4 is 0 Å². The van der Waals surface area contributed by atoms with Crippen molar-refractivity contribution in [3.63, 3.8) is 0 Å². The Morgan fingerprint density at radius 1 is 1.33 bits per heavy atom. The van der Waals surface area contributed by atoms with Gasteiger partial charge in [0.2, 0.25) is 0 Å². The fourth-order valence-electron chi connectivity index (χ4n) is 2.35. The van der Waals surface area contributed by atoms with Crippen molar-refractivity contribution in [1.29, 1.82) is 5.26 Å². The minimum Gasteiger partial charge on any atom is -0.296 e. The van der Waals surface area contributed by atoms with E-state index >= 15 is 0 Å². The van der Waals surface area contributed by atoms with Crippen molar-refractivity contribution in [2.24, 2.45) is 7.05 Å². The number of hydrogen-bond acceptors (Lipinski definition) is 4. The van der Waals surface area contributed by atoms with Gasteiger partial charge in [-0.3, -0.25) is 14.5 Å². The SMILES string of the molecule is Cn1cc(CN2CCN(C(C)(C)C#N)CC2)cn1. The summed E-state index contributed by atoms with van der Waals surface area (Å²) >= 11 is 0. The van der Waals surface area contributed by atoms with Crippen LogP contribution in [-0.2, 0) is 13.6 Å². The van der Waals surface area contributed by atoms with E-state index in [2.05, 4.69) is 27.2 Å². The number of nitriles is 1. The van der Waals surface area contributed by atoms with E-state index in [0.29, 0.717) is 0 Å². The molecule has 2 rings (SSSR count). The number of piperazine rings is 1. The van der Waals surface area contributed by atoms with Crippen LogP contribution in [0.1, 0.15) is 19.4 Å². The Bertz CT molecular complexity index is 434. The third-order valence-corrected chi connectivity index (χ3v) is 3.60. The molecule has 5 heteroatoms. The quantitative estimate of drug-likeness (QED) is 0.794. The first-order chi connectivity index (χ1) is 8.51. The minimum absolute atomic E-state index is 0.347. The van der Waals surface area contributed by atoms with E-state index in [1.54, 1.807) is 0 Å². The molecule has 1 aliphatic rings. The Morgan fingerprint density at radius 3 is 2.50 bits per heavy atom. The molecule has 0 N–H and O–H groups in total. The molecule has 0 spiro atoms. The molecule has 0 aromatic carbocycles. The molecule has 1 fully saturated rings. The zero-order valence-corrected chi connectivity index (χ0v) is 11.4. The van der Waals surface area contributed by atoms with Crippen molar-refractivity contribution in [3.8, 4) is 6.07 Å². The van der Waals surface area contributed by atoms with Gasteiger partial charge in [0, 0.05) is 51.5 Å². The largest absolute Gasteiger partial charge is 0.296 e. The van der Waals surface area contributed by atoms with Gasteiger partial charge in [-0.25, -0.2) is 0 Å². The molecule has 18 heavy (non-hydrogen) atoms. The molecule has 1 aromatic rings. The topological polar surface area (TPSA) is 48.1 Å². The third-order valence-electron chi connectivity index (χ3n) is 3.60. The molecule has 0 aliphatic carbocycles. The van der Waals surface area contributed by atoms with Crippen LogP contribution in [0.2, 0.25) is 0 Å². The summed E-state index contributed by atoms with van der Waals surface area (Å²) in [4.78, 5) is 4.67. The summed E-state index contributed by atoms with van der Waals surface area (Å²) in [5.74, 6) is 0. The van der Waals surface area contributed by atoms with Crippen LogP contribution in [0.4, 0.5) is 0 Å². The van der Waals surface area contributed by atoms with Crippen molar-refractivity contribution in [1.82, 2.24) is 19.6 Å². The van der Waals surface area contributed by atoms with Crippen LogP contribution in [-0.4, -0.2) is 51.3 Å². The average Bonchev–Trinajstić information content (AvgIpc) is 2.75. The van der Waals surface area contributed by atoms with Crippen LogP contribution in [0.3, 0.4) is 0 Å². The lowest BCUT2D eigenvalue weighted by Gasteiger charge is -2.40. The predicted octanol–water partition coefficient (Wildman–Crippen LogP) is 0.840. The molecule has 0 saturated carbocycles. The van der Waals surface area contributed by atoms with E-state index in [9.17, 15) is 0 Å². The lowest BCUT2D eigenvalue weighted by Crippen LogP contribution is -2.53. The van der Waals surface area contributed by atoms with E-state index in [1.165, 1.54) is 5.56 Å². The zero-order chi connectivity index (χ0) is 13.2. The number of aryl methyl sites for hydroxylation is 1. The van der Waals surface area contributed by atoms with Crippen LogP contribution in [0, 0.1) is 11.3 Å². The highest BCUT2D eigenvalue weighted by atomic mass is 15.3. The molecule has 5 nitrogen and oxygen atoms in total. The maximum Gasteiger partial charge on any atom is 0.103 e. The summed E-state index contributed by atoms with van der Waals surface area (Å²) in [7, 11) is 1.94. The molecule has 0 atom stereocenters. The zero-order valence-electron chi connectivity index (χ0n) is 11.4. The Morgan fingerprint density at radius 2 is 2.00 bits per heavy atom. The first-order valence-electron chi connectivity index (χ1n) is 6.37. The van der Waals surface area contributed by atoms with Crippen molar-refractivity contribution >= 4 is 0 Å². The highest BCUT2D eigenvalue weighted by molar-refractivity contribution is 5.05. The van der Waals surface area contributed by atoms with Gasteiger partial charge in [-0.05, 0) is 13.8 Å². The summed E-state index contributed by atoms with van der Waals surface area (Å²) < 4.78 is 1.84. The normalized spacial score (nSPS) is 18.8. The summed E-state index contributed by atoms with van der Waals surface area (Å²) in [6.45, 7) is 8.88. The fraction of sp³-hybridized carbons (Fsp3) is 0.692. The molecule has 98 valence electrons. The smallest absolute Gasteiger partial charge is 0.103 e. The highest BCUT2D eigenvalue weighted by Crippen LogP contribution is 2.16. The van der Waals surface area contributed by atoms with Gasteiger partial charge >= 0.3 is 0 Å². The van der Waals surface area contributed by atoms with Gasteiger partial charge in [0.05, 0.1) is 12.3 Å². The standard InChI is InChI=1S/C13H21N5/c1-13(2,11-14)18-6-4-17(5-7-18)10-12-8-15-16(3)9-12/h8-9H,4-7,10H2,1-3H3. The number of aromatic nitrogens is 2. The molecular formula is C13H21N5. The Balaban J connectivity index is 1.86. The van der Waals surface area contributed by atoms with Gasteiger partial charge in [0.25, 0.3) is 0 Å². The Hall–Kier alpha value is -1.38. The van der Waals surface area contributed by atoms with Gasteiger partial charge < -0.3 is 0 Å². The molecule has 1 aromatic heterocycles. The molecule has 2 heterocycles. The van der Waals surface area contributed by atoms with Crippen LogP contribution in [0.25, 0.3) is 0 Å². The van der Waals surface area contributed by atoms with E-state index in [4.69, 9.17) is 5.26 Å². The maximum atomic E-state index is 9.13. The number of hydrogen-bond donors (Lipinski definition) is 0. The van der Waals surface area contributed by atoms with Crippen LogP contribution >= 0.6 is 0 Å². The molecule has 0 radical (unpaired) electrons. The lowest BCUT2D eigenvalue weighted by molar-refractivity contribution is 0.0764. The van der Waals surface area contributed by atoms with Crippen molar-refractivity contribution in [3.05, 3.63) is 18.0 Å².